The van der Waals surface area contributed by atoms with E-state index in [1.165, 1.54) is 0 Å². The second-order valence-corrected chi connectivity index (χ2v) is 5.64. The fourth-order valence-corrected chi connectivity index (χ4v) is 2.29. The molecule has 120 valence electrons. The van der Waals surface area contributed by atoms with E-state index in [1.54, 1.807) is 18.2 Å². The molecule has 2 aromatic rings. The van der Waals surface area contributed by atoms with Crippen molar-refractivity contribution in [3.05, 3.63) is 58.6 Å². The maximum atomic E-state index is 11.8. The molecule has 23 heavy (non-hydrogen) atoms. The number of carbonyl (C=O) groups excluding carboxylic acids is 2. The lowest BCUT2D eigenvalue weighted by atomic mass is 10.2. The van der Waals surface area contributed by atoms with E-state index in [1.807, 2.05) is 37.3 Å². The Morgan fingerprint density at radius 3 is 2.48 bits per heavy atom. The van der Waals surface area contributed by atoms with Crippen LogP contribution in [0.2, 0.25) is 0 Å². The molecule has 6 heteroatoms. The van der Waals surface area contributed by atoms with Crippen LogP contribution in [-0.4, -0.2) is 18.4 Å². The molecular formula is C17H17BrN2O3. The van der Waals surface area contributed by atoms with Crippen molar-refractivity contribution in [2.75, 3.05) is 11.9 Å². The minimum Gasteiger partial charge on any atom is -0.494 e. The second-order valence-electron chi connectivity index (χ2n) is 4.72. The first kappa shape index (κ1) is 17.0. The monoisotopic (exact) mass is 376 g/mol. The molecule has 5 nitrogen and oxygen atoms in total. The number of rotatable bonds is 5. The van der Waals surface area contributed by atoms with E-state index in [0.717, 1.165) is 15.8 Å². The van der Waals surface area contributed by atoms with Crippen LogP contribution < -0.4 is 15.4 Å². The van der Waals surface area contributed by atoms with Gasteiger partial charge in [0, 0.05) is 16.7 Å². The zero-order valence-corrected chi connectivity index (χ0v) is 14.2. The third kappa shape index (κ3) is 5.41. The largest absolute Gasteiger partial charge is 0.494 e. The summed E-state index contributed by atoms with van der Waals surface area (Å²) in [6, 6.07) is 14.4. The van der Waals surface area contributed by atoms with Crippen LogP contribution >= 0.6 is 15.9 Å². The van der Waals surface area contributed by atoms with E-state index in [4.69, 9.17) is 4.74 Å². The highest BCUT2D eigenvalue weighted by Crippen LogP contribution is 2.15. The first-order valence-electron chi connectivity index (χ1n) is 7.15. The lowest BCUT2D eigenvalue weighted by molar-refractivity contribution is -0.136. The fourth-order valence-electron chi connectivity index (χ4n) is 1.89. The van der Waals surface area contributed by atoms with Crippen LogP contribution in [0.25, 0.3) is 0 Å². The number of hydrogen-bond acceptors (Lipinski definition) is 3. The normalized spacial score (nSPS) is 10.0. The van der Waals surface area contributed by atoms with Crippen molar-refractivity contribution < 1.29 is 14.3 Å². The fraction of sp³-hybridized carbons (Fsp3) is 0.176. The maximum Gasteiger partial charge on any atom is 0.313 e. The molecule has 0 saturated carbocycles. The first-order chi connectivity index (χ1) is 11.1. The van der Waals surface area contributed by atoms with Crippen LogP contribution in [-0.2, 0) is 16.1 Å². The minimum absolute atomic E-state index is 0.275. The number of ether oxygens (including phenoxy) is 1. The topological polar surface area (TPSA) is 67.4 Å². The summed E-state index contributed by atoms with van der Waals surface area (Å²) in [6.07, 6.45) is 0. The van der Waals surface area contributed by atoms with E-state index in [-0.39, 0.29) is 6.54 Å². The van der Waals surface area contributed by atoms with Gasteiger partial charge in [-0.25, -0.2) is 0 Å². The average molecular weight is 377 g/mol. The first-order valence-corrected chi connectivity index (χ1v) is 7.94. The quantitative estimate of drug-likeness (QED) is 0.787. The van der Waals surface area contributed by atoms with Gasteiger partial charge in [-0.15, -0.1) is 0 Å². The highest BCUT2D eigenvalue weighted by atomic mass is 79.9. The second kappa shape index (κ2) is 8.33. The van der Waals surface area contributed by atoms with Crippen molar-refractivity contribution >= 4 is 33.4 Å². The molecule has 0 radical (unpaired) electrons. The van der Waals surface area contributed by atoms with Gasteiger partial charge in [-0.3, -0.25) is 9.59 Å². The average Bonchev–Trinajstić information content (AvgIpc) is 2.54. The van der Waals surface area contributed by atoms with E-state index in [9.17, 15) is 9.59 Å². The number of carbonyl (C=O) groups is 2. The maximum absolute atomic E-state index is 11.8. The summed E-state index contributed by atoms with van der Waals surface area (Å²) in [7, 11) is 0. The molecule has 0 aliphatic rings. The Kier molecular flexibility index (Phi) is 6.17. The summed E-state index contributed by atoms with van der Waals surface area (Å²) in [5.74, 6) is -0.608. The standard InChI is InChI=1S/C17H17BrN2O3/c1-2-23-15-8-6-12(7-9-15)11-19-16(21)17(22)20-14-5-3-4-13(18)10-14/h3-10H,2,11H2,1H3,(H,19,21)(H,20,22). The Labute approximate surface area is 143 Å². The predicted octanol–water partition coefficient (Wildman–Crippen LogP) is 3.10. The van der Waals surface area contributed by atoms with Gasteiger partial charge in [-0.1, -0.05) is 34.1 Å². The summed E-state index contributed by atoms with van der Waals surface area (Å²) < 4.78 is 6.17. The van der Waals surface area contributed by atoms with Crippen molar-refractivity contribution in [3.8, 4) is 5.75 Å². The van der Waals surface area contributed by atoms with Crippen molar-refractivity contribution in [2.24, 2.45) is 0 Å². The van der Waals surface area contributed by atoms with Crippen molar-refractivity contribution in [3.63, 3.8) is 0 Å². The number of hydrogen-bond donors (Lipinski definition) is 2. The molecule has 0 aliphatic carbocycles. The lowest BCUT2D eigenvalue weighted by Gasteiger charge is -2.08. The minimum atomic E-state index is -0.700. The summed E-state index contributed by atoms with van der Waals surface area (Å²) in [4.78, 5) is 23.6. The SMILES string of the molecule is CCOc1ccc(CNC(=O)C(=O)Nc2cccc(Br)c2)cc1. The van der Waals surface area contributed by atoms with Crippen LogP contribution in [0.4, 0.5) is 5.69 Å². The zero-order chi connectivity index (χ0) is 16.7. The molecule has 2 rings (SSSR count). The molecule has 0 spiro atoms. The Hall–Kier alpha value is -2.34. The van der Waals surface area contributed by atoms with E-state index in [2.05, 4.69) is 26.6 Å². The Morgan fingerprint density at radius 2 is 1.83 bits per heavy atom. The predicted molar refractivity (Wildman–Crippen MR) is 92.2 cm³/mol. The van der Waals surface area contributed by atoms with Gasteiger partial charge >= 0.3 is 11.8 Å². The molecular weight excluding hydrogens is 360 g/mol. The third-order valence-electron chi connectivity index (χ3n) is 2.98. The zero-order valence-electron chi connectivity index (χ0n) is 12.6. The van der Waals surface area contributed by atoms with Crippen LogP contribution in [0, 0.1) is 0 Å². The van der Waals surface area contributed by atoms with Gasteiger partial charge in [0.15, 0.2) is 0 Å². The highest BCUT2D eigenvalue weighted by molar-refractivity contribution is 9.10. The van der Waals surface area contributed by atoms with Crippen LogP contribution in [0.3, 0.4) is 0 Å². The Morgan fingerprint density at radius 1 is 1.09 bits per heavy atom. The number of nitrogens with one attached hydrogen (secondary N) is 2. The molecule has 0 heterocycles. The summed E-state index contributed by atoms with van der Waals surface area (Å²) in [5.41, 5.74) is 1.44. The Balaban J connectivity index is 1.85. The number of benzene rings is 2. The van der Waals surface area contributed by atoms with Crippen LogP contribution in [0.15, 0.2) is 53.0 Å². The summed E-state index contributed by atoms with van der Waals surface area (Å²) >= 11 is 3.31. The van der Waals surface area contributed by atoms with Gasteiger partial charge in [0.25, 0.3) is 0 Å². The van der Waals surface area contributed by atoms with Gasteiger partial charge in [-0.2, -0.15) is 0 Å². The van der Waals surface area contributed by atoms with Gasteiger partial charge in [0.05, 0.1) is 6.61 Å². The van der Waals surface area contributed by atoms with Gasteiger partial charge in [0.1, 0.15) is 5.75 Å². The van der Waals surface area contributed by atoms with E-state index in [0.29, 0.717) is 12.3 Å². The van der Waals surface area contributed by atoms with Gasteiger partial charge < -0.3 is 15.4 Å². The van der Waals surface area contributed by atoms with Crippen LogP contribution in [0.1, 0.15) is 12.5 Å². The van der Waals surface area contributed by atoms with Crippen molar-refractivity contribution in [1.82, 2.24) is 5.32 Å². The van der Waals surface area contributed by atoms with Crippen molar-refractivity contribution in [1.29, 1.82) is 0 Å². The lowest BCUT2D eigenvalue weighted by Crippen LogP contribution is -2.34. The Bertz CT molecular complexity index is 686. The molecule has 0 unspecified atom stereocenters. The summed E-state index contributed by atoms with van der Waals surface area (Å²) in [5, 5.41) is 5.13. The molecule has 2 amide bonds. The van der Waals surface area contributed by atoms with Gasteiger partial charge in [-0.05, 0) is 42.8 Å². The molecule has 0 atom stereocenters. The summed E-state index contributed by atoms with van der Waals surface area (Å²) in [6.45, 7) is 2.79. The van der Waals surface area contributed by atoms with Crippen LogP contribution in [0.5, 0.6) is 5.75 Å². The third-order valence-corrected chi connectivity index (χ3v) is 3.47. The number of halogens is 1. The van der Waals surface area contributed by atoms with Gasteiger partial charge in [0.2, 0.25) is 0 Å². The van der Waals surface area contributed by atoms with E-state index >= 15 is 0 Å². The highest BCUT2D eigenvalue weighted by Gasteiger charge is 2.13. The number of anilines is 1. The molecule has 2 aromatic carbocycles. The smallest absolute Gasteiger partial charge is 0.313 e. The number of amides is 2. The molecule has 0 aromatic heterocycles. The molecule has 0 saturated heterocycles. The molecule has 0 bridgehead atoms. The van der Waals surface area contributed by atoms with E-state index < -0.39 is 11.8 Å². The molecule has 2 N–H and O–H groups in total. The molecule has 0 aliphatic heterocycles. The molecule has 0 fully saturated rings. The van der Waals surface area contributed by atoms with Crippen molar-refractivity contribution in [2.45, 2.75) is 13.5 Å².